The van der Waals surface area contributed by atoms with Crippen LogP contribution in [0.4, 0.5) is 0 Å². The fraction of sp³-hybridized carbons (Fsp3) is 0.429. The van der Waals surface area contributed by atoms with Gasteiger partial charge < -0.3 is 5.11 Å². The fourth-order valence-corrected chi connectivity index (χ4v) is 0.536. The highest BCUT2D eigenvalue weighted by molar-refractivity contribution is 7.80. The molecule has 56 valence electrons. The molecule has 0 saturated carbocycles. The number of ketones is 1. The molecule has 1 N–H and O–H groups in total. The van der Waals surface area contributed by atoms with Crippen molar-refractivity contribution in [2.45, 2.75) is 19.8 Å². The standard InChI is InChI=1S/C7H10O2S/c1-5(2)6(8)3-4-7(9)10/h1,3-4H2,2H3,(H,9,10). The first kappa shape index (κ1) is 9.30. The van der Waals surface area contributed by atoms with Crippen molar-refractivity contribution in [3.63, 3.8) is 0 Å². The second kappa shape index (κ2) is 4.17. The van der Waals surface area contributed by atoms with Crippen LogP contribution in [0.1, 0.15) is 19.8 Å². The third-order valence-electron chi connectivity index (χ3n) is 1.04. The number of carbonyl (C=O) groups excluding carboxylic acids is 1. The van der Waals surface area contributed by atoms with Crippen molar-refractivity contribution in [2.75, 3.05) is 0 Å². The van der Waals surface area contributed by atoms with Crippen molar-refractivity contribution in [3.05, 3.63) is 12.2 Å². The van der Waals surface area contributed by atoms with E-state index in [9.17, 15) is 4.79 Å². The topological polar surface area (TPSA) is 37.3 Å². The highest BCUT2D eigenvalue weighted by Crippen LogP contribution is 1.99. The van der Waals surface area contributed by atoms with Crippen molar-refractivity contribution in [1.29, 1.82) is 0 Å². The number of Topliss-reactive ketones (excluding diaryl/α,β-unsaturated/α-hetero) is 1. The van der Waals surface area contributed by atoms with E-state index in [1.807, 2.05) is 0 Å². The maximum Gasteiger partial charge on any atom is 0.158 e. The summed E-state index contributed by atoms with van der Waals surface area (Å²) in [6.07, 6.45) is 0.533. The number of allylic oxidation sites excluding steroid dienone is 1. The lowest BCUT2D eigenvalue weighted by Crippen LogP contribution is -2.01. The van der Waals surface area contributed by atoms with Crippen molar-refractivity contribution in [1.82, 2.24) is 0 Å². The molecule has 0 aromatic heterocycles. The molecular weight excluding hydrogens is 148 g/mol. The lowest BCUT2D eigenvalue weighted by molar-refractivity contribution is -0.115. The van der Waals surface area contributed by atoms with Gasteiger partial charge in [-0.2, -0.15) is 0 Å². The molecule has 0 rings (SSSR count). The summed E-state index contributed by atoms with van der Waals surface area (Å²) in [5.74, 6) is -0.0450. The van der Waals surface area contributed by atoms with Gasteiger partial charge in [0.1, 0.15) is 0 Å². The Labute approximate surface area is 65.6 Å². The molecule has 0 aliphatic heterocycles. The van der Waals surface area contributed by atoms with Gasteiger partial charge in [-0.15, -0.1) is 0 Å². The van der Waals surface area contributed by atoms with E-state index in [1.54, 1.807) is 6.92 Å². The highest BCUT2D eigenvalue weighted by Gasteiger charge is 2.02. The first-order chi connectivity index (χ1) is 4.54. The van der Waals surface area contributed by atoms with E-state index in [2.05, 4.69) is 18.8 Å². The molecule has 0 aliphatic rings. The number of hydrogen-bond donors (Lipinski definition) is 1. The van der Waals surface area contributed by atoms with Crippen LogP contribution in [0, 0.1) is 0 Å². The fourth-order valence-electron chi connectivity index (χ4n) is 0.434. The predicted molar refractivity (Wildman–Crippen MR) is 44.3 cm³/mol. The van der Waals surface area contributed by atoms with Gasteiger partial charge in [-0.05, 0) is 24.7 Å². The zero-order valence-electron chi connectivity index (χ0n) is 5.89. The van der Waals surface area contributed by atoms with E-state index < -0.39 is 0 Å². The highest BCUT2D eigenvalue weighted by atomic mass is 32.1. The number of carbonyl (C=O) groups is 1. The molecular formula is C7H10O2S. The number of thiocarbonyl (C=S) groups is 1. The van der Waals surface area contributed by atoms with E-state index >= 15 is 0 Å². The average molecular weight is 158 g/mol. The van der Waals surface area contributed by atoms with Crippen LogP contribution in [-0.2, 0) is 4.79 Å². The Balaban J connectivity index is 3.60. The SMILES string of the molecule is C=C(C)C(=O)CCC(O)=S. The van der Waals surface area contributed by atoms with Crippen molar-refractivity contribution in [3.8, 4) is 0 Å². The van der Waals surface area contributed by atoms with Crippen LogP contribution in [0.25, 0.3) is 0 Å². The maximum atomic E-state index is 10.8. The molecule has 0 saturated heterocycles. The lowest BCUT2D eigenvalue weighted by Gasteiger charge is -1.95. The minimum absolute atomic E-state index is 0.0450. The van der Waals surface area contributed by atoms with E-state index in [1.165, 1.54) is 0 Å². The van der Waals surface area contributed by atoms with Crippen molar-refractivity contribution < 1.29 is 9.90 Å². The number of hydrogen-bond acceptors (Lipinski definition) is 2. The molecule has 0 atom stereocenters. The van der Waals surface area contributed by atoms with Crippen molar-refractivity contribution >= 4 is 23.1 Å². The minimum atomic E-state index is -0.116. The van der Waals surface area contributed by atoms with Crippen LogP contribution in [0.5, 0.6) is 0 Å². The van der Waals surface area contributed by atoms with E-state index in [0.29, 0.717) is 5.57 Å². The van der Waals surface area contributed by atoms with Gasteiger partial charge in [-0.1, -0.05) is 6.58 Å². The average Bonchev–Trinajstić information content (AvgIpc) is 1.82. The Bertz CT molecular complexity index is 172. The van der Waals surface area contributed by atoms with Crippen LogP contribution >= 0.6 is 12.2 Å². The van der Waals surface area contributed by atoms with Gasteiger partial charge in [0.05, 0.1) is 0 Å². The van der Waals surface area contributed by atoms with Gasteiger partial charge in [-0.25, -0.2) is 0 Å². The smallest absolute Gasteiger partial charge is 0.158 e. The first-order valence-electron chi connectivity index (χ1n) is 2.94. The Hall–Kier alpha value is -0.700. The van der Waals surface area contributed by atoms with Crippen LogP contribution in [-0.4, -0.2) is 15.9 Å². The number of aliphatic hydroxyl groups is 1. The summed E-state index contributed by atoms with van der Waals surface area (Å²) < 4.78 is 0. The van der Waals surface area contributed by atoms with Gasteiger partial charge >= 0.3 is 0 Å². The second-order valence-corrected chi connectivity index (χ2v) is 2.57. The Morgan fingerprint density at radius 2 is 2.10 bits per heavy atom. The molecule has 0 amide bonds. The lowest BCUT2D eigenvalue weighted by atomic mass is 10.1. The molecule has 0 heterocycles. The number of rotatable bonds is 4. The molecule has 0 radical (unpaired) electrons. The summed E-state index contributed by atoms with van der Waals surface area (Å²) in [6, 6.07) is 0. The van der Waals surface area contributed by atoms with Crippen LogP contribution < -0.4 is 0 Å². The van der Waals surface area contributed by atoms with Crippen LogP contribution in [0.15, 0.2) is 12.2 Å². The minimum Gasteiger partial charge on any atom is -0.502 e. The zero-order chi connectivity index (χ0) is 8.15. The zero-order valence-corrected chi connectivity index (χ0v) is 6.70. The summed E-state index contributed by atoms with van der Waals surface area (Å²) in [7, 11) is 0. The van der Waals surface area contributed by atoms with Gasteiger partial charge in [0.25, 0.3) is 0 Å². The molecule has 0 fully saturated rings. The summed E-state index contributed by atoms with van der Waals surface area (Å²) in [4.78, 5) is 10.8. The third kappa shape index (κ3) is 4.21. The molecule has 2 nitrogen and oxygen atoms in total. The molecule has 3 heteroatoms. The monoisotopic (exact) mass is 158 g/mol. The molecule has 10 heavy (non-hydrogen) atoms. The molecule has 0 aromatic carbocycles. The van der Waals surface area contributed by atoms with Crippen molar-refractivity contribution in [2.24, 2.45) is 0 Å². The molecule has 0 aromatic rings. The van der Waals surface area contributed by atoms with Crippen LogP contribution in [0.2, 0.25) is 0 Å². The maximum absolute atomic E-state index is 10.8. The third-order valence-corrected chi connectivity index (χ3v) is 1.25. The Morgan fingerprint density at radius 1 is 1.60 bits per heavy atom. The summed E-state index contributed by atoms with van der Waals surface area (Å²) >= 11 is 4.37. The second-order valence-electron chi connectivity index (χ2n) is 2.10. The summed E-state index contributed by atoms with van der Waals surface area (Å²) in [5.41, 5.74) is 0.510. The Morgan fingerprint density at radius 3 is 2.40 bits per heavy atom. The molecule has 0 bridgehead atoms. The summed E-state index contributed by atoms with van der Waals surface area (Å²) in [6.45, 7) is 5.10. The molecule has 0 spiro atoms. The van der Waals surface area contributed by atoms with Crippen LogP contribution in [0.3, 0.4) is 0 Å². The van der Waals surface area contributed by atoms with Gasteiger partial charge in [0, 0.05) is 12.8 Å². The molecule has 0 unspecified atom stereocenters. The molecule has 0 aliphatic carbocycles. The van der Waals surface area contributed by atoms with Gasteiger partial charge in [-0.3, -0.25) is 4.79 Å². The predicted octanol–water partition coefficient (Wildman–Crippen LogP) is 1.80. The van der Waals surface area contributed by atoms with E-state index in [4.69, 9.17) is 5.11 Å². The quantitative estimate of drug-likeness (QED) is 0.500. The van der Waals surface area contributed by atoms with E-state index in [-0.39, 0.29) is 23.7 Å². The first-order valence-corrected chi connectivity index (χ1v) is 3.35. The largest absolute Gasteiger partial charge is 0.502 e. The van der Waals surface area contributed by atoms with Gasteiger partial charge in [0.2, 0.25) is 0 Å². The van der Waals surface area contributed by atoms with E-state index in [0.717, 1.165) is 0 Å². The Kier molecular flexibility index (Phi) is 3.88. The normalized spacial score (nSPS) is 8.90. The summed E-state index contributed by atoms with van der Waals surface area (Å²) in [5, 5.41) is 8.42. The number of aliphatic hydroxyl groups excluding tert-OH is 1. The van der Waals surface area contributed by atoms with Gasteiger partial charge in [0.15, 0.2) is 10.8 Å².